The van der Waals surface area contributed by atoms with Crippen LogP contribution in [-0.4, -0.2) is 48.4 Å². The van der Waals surface area contributed by atoms with E-state index in [0.717, 1.165) is 21.1 Å². The lowest BCUT2D eigenvalue weighted by Crippen LogP contribution is -2.26. The maximum atomic E-state index is 12.7. The molecule has 8 nitrogen and oxygen atoms in total. The first-order chi connectivity index (χ1) is 15.3. The van der Waals surface area contributed by atoms with Crippen LogP contribution in [0.2, 0.25) is 0 Å². The third-order valence-corrected chi connectivity index (χ3v) is 7.56. The third kappa shape index (κ3) is 5.14. The average molecular weight is 479 g/mol. The van der Waals surface area contributed by atoms with E-state index in [0.29, 0.717) is 29.4 Å². The van der Waals surface area contributed by atoms with Gasteiger partial charge in [0.15, 0.2) is 23.0 Å². The van der Waals surface area contributed by atoms with Gasteiger partial charge in [-0.2, -0.15) is 0 Å². The SMILES string of the molecule is COc1ccc(-c2nc(C)c(CCNS(=O)(=O)c3ccc(OC)c(OC)c3)s2)cc1OC. The summed E-state index contributed by atoms with van der Waals surface area (Å²) in [7, 11) is 2.44. The summed E-state index contributed by atoms with van der Waals surface area (Å²) in [5.41, 5.74) is 1.78. The van der Waals surface area contributed by atoms with Crippen LogP contribution in [0, 0.1) is 6.92 Å². The van der Waals surface area contributed by atoms with E-state index in [-0.39, 0.29) is 11.4 Å². The van der Waals surface area contributed by atoms with E-state index in [1.54, 1.807) is 20.3 Å². The Bertz CT molecular complexity index is 1190. The highest BCUT2D eigenvalue weighted by atomic mass is 32.2. The first-order valence-electron chi connectivity index (χ1n) is 9.73. The first-order valence-corrected chi connectivity index (χ1v) is 12.0. The maximum Gasteiger partial charge on any atom is 0.240 e. The van der Waals surface area contributed by atoms with Crippen molar-refractivity contribution in [2.45, 2.75) is 18.2 Å². The van der Waals surface area contributed by atoms with Crippen LogP contribution in [0.3, 0.4) is 0 Å². The van der Waals surface area contributed by atoms with Gasteiger partial charge in [-0.05, 0) is 43.7 Å². The summed E-state index contributed by atoms with van der Waals surface area (Å²) < 4.78 is 49.0. The van der Waals surface area contributed by atoms with Crippen molar-refractivity contribution in [3.05, 3.63) is 47.0 Å². The molecule has 0 atom stereocenters. The van der Waals surface area contributed by atoms with E-state index in [9.17, 15) is 8.42 Å². The van der Waals surface area contributed by atoms with Crippen molar-refractivity contribution in [1.82, 2.24) is 9.71 Å². The van der Waals surface area contributed by atoms with E-state index in [4.69, 9.17) is 18.9 Å². The molecule has 1 heterocycles. The molecule has 1 aromatic heterocycles. The minimum absolute atomic E-state index is 0.113. The van der Waals surface area contributed by atoms with Gasteiger partial charge >= 0.3 is 0 Å². The van der Waals surface area contributed by atoms with E-state index in [1.165, 1.54) is 37.7 Å². The van der Waals surface area contributed by atoms with Crippen molar-refractivity contribution in [3.63, 3.8) is 0 Å². The Balaban J connectivity index is 1.71. The van der Waals surface area contributed by atoms with Crippen LogP contribution < -0.4 is 23.7 Å². The molecule has 3 aromatic rings. The lowest BCUT2D eigenvalue weighted by molar-refractivity contribution is 0.354. The Kier molecular flexibility index (Phi) is 7.60. The van der Waals surface area contributed by atoms with E-state index in [2.05, 4.69) is 9.71 Å². The molecule has 0 saturated carbocycles. The highest BCUT2D eigenvalue weighted by Crippen LogP contribution is 2.35. The molecule has 172 valence electrons. The number of aromatic nitrogens is 1. The van der Waals surface area contributed by atoms with E-state index >= 15 is 0 Å². The number of ether oxygens (including phenoxy) is 4. The summed E-state index contributed by atoms with van der Waals surface area (Å²) in [6.45, 7) is 2.16. The normalized spacial score (nSPS) is 11.3. The number of hydrogen-bond donors (Lipinski definition) is 1. The third-order valence-electron chi connectivity index (χ3n) is 4.83. The van der Waals surface area contributed by atoms with Gasteiger partial charge in [0.1, 0.15) is 5.01 Å². The molecule has 0 saturated heterocycles. The molecular weight excluding hydrogens is 452 g/mol. The van der Waals surface area contributed by atoms with Crippen LogP contribution in [0.15, 0.2) is 41.3 Å². The molecule has 0 radical (unpaired) electrons. The van der Waals surface area contributed by atoms with Crippen molar-refractivity contribution in [2.24, 2.45) is 0 Å². The van der Waals surface area contributed by atoms with Gasteiger partial charge in [0, 0.05) is 23.1 Å². The fourth-order valence-corrected chi connectivity index (χ4v) is 5.22. The Hall–Kier alpha value is -2.82. The summed E-state index contributed by atoms with van der Waals surface area (Å²) in [4.78, 5) is 5.76. The van der Waals surface area contributed by atoms with Gasteiger partial charge in [-0.1, -0.05) is 0 Å². The first kappa shape index (κ1) is 23.8. The van der Waals surface area contributed by atoms with Crippen LogP contribution in [0.25, 0.3) is 10.6 Å². The van der Waals surface area contributed by atoms with Crippen LogP contribution >= 0.6 is 11.3 Å². The van der Waals surface area contributed by atoms with Gasteiger partial charge in [0.05, 0.1) is 39.0 Å². The average Bonchev–Trinajstić information content (AvgIpc) is 3.18. The lowest BCUT2D eigenvalue weighted by atomic mass is 10.2. The standard InChI is InChI=1S/C22H26N2O6S2/c1-14-21(31-22(24-14)15-6-8-17(27-2)19(12-15)29-4)10-11-23-32(25,26)16-7-9-18(28-3)20(13-16)30-5/h6-9,12-13,23H,10-11H2,1-5H3. The minimum Gasteiger partial charge on any atom is -0.493 e. The highest BCUT2D eigenvalue weighted by molar-refractivity contribution is 7.89. The Labute approximate surface area is 192 Å². The summed E-state index contributed by atoms with van der Waals surface area (Å²) in [5.74, 6) is 2.10. The second-order valence-electron chi connectivity index (χ2n) is 6.76. The Morgan fingerprint density at radius 3 is 2.09 bits per heavy atom. The molecule has 0 fully saturated rings. The number of benzene rings is 2. The molecule has 0 amide bonds. The molecule has 0 aliphatic carbocycles. The number of hydrogen-bond acceptors (Lipinski definition) is 8. The molecule has 0 spiro atoms. The summed E-state index contributed by atoms with van der Waals surface area (Å²) >= 11 is 1.52. The predicted octanol–water partition coefficient (Wildman–Crippen LogP) is 3.67. The lowest BCUT2D eigenvalue weighted by Gasteiger charge is -2.11. The summed E-state index contributed by atoms with van der Waals surface area (Å²) in [5, 5.41) is 0.834. The zero-order valence-electron chi connectivity index (χ0n) is 18.6. The van der Waals surface area contributed by atoms with Gasteiger partial charge in [0.2, 0.25) is 10.0 Å². The second-order valence-corrected chi connectivity index (χ2v) is 9.61. The zero-order valence-corrected chi connectivity index (χ0v) is 20.2. The molecule has 10 heteroatoms. The number of methoxy groups -OCH3 is 4. The van der Waals surface area contributed by atoms with E-state index in [1.807, 2.05) is 25.1 Å². The maximum absolute atomic E-state index is 12.7. The second kappa shape index (κ2) is 10.2. The topological polar surface area (TPSA) is 96.0 Å². The molecular formula is C22H26N2O6S2. The van der Waals surface area contributed by atoms with Gasteiger partial charge in [-0.15, -0.1) is 11.3 Å². The van der Waals surface area contributed by atoms with Crippen LogP contribution in [0.4, 0.5) is 0 Å². The van der Waals surface area contributed by atoms with Crippen LogP contribution in [0.5, 0.6) is 23.0 Å². The molecule has 0 aliphatic heterocycles. The molecule has 1 N–H and O–H groups in total. The number of nitrogens with zero attached hydrogens (tertiary/aromatic N) is 1. The molecule has 0 aliphatic rings. The summed E-state index contributed by atoms with van der Waals surface area (Å²) in [6, 6.07) is 10.1. The predicted molar refractivity (Wildman–Crippen MR) is 124 cm³/mol. The van der Waals surface area contributed by atoms with Gasteiger partial charge in [-0.25, -0.2) is 18.1 Å². The summed E-state index contributed by atoms with van der Waals surface area (Å²) in [6.07, 6.45) is 0.517. The number of nitrogens with one attached hydrogen (secondary N) is 1. The van der Waals surface area contributed by atoms with Gasteiger partial charge < -0.3 is 18.9 Å². The monoisotopic (exact) mass is 478 g/mol. The van der Waals surface area contributed by atoms with Gasteiger partial charge in [0.25, 0.3) is 0 Å². The Morgan fingerprint density at radius 2 is 1.47 bits per heavy atom. The zero-order chi connectivity index (χ0) is 23.3. The number of rotatable bonds is 10. The fraction of sp³-hybridized carbons (Fsp3) is 0.318. The largest absolute Gasteiger partial charge is 0.493 e. The van der Waals surface area contributed by atoms with Crippen molar-refractivity contribution in [3.8, 4) is 33.6 Å². The van der Waals surface area contributed by atoms with Crippen molar-refractivity contribution in [1.29, 1.82) is 0 Å². The number of thiazole rings is 1. The van der Waals surface area contributed by atoms with Crippen LogP contribution in [-0.2, 0) is 16.4 Å². The van der Waals surface area contributed by atoms with Crippen LogP contribution in [0.1, 0.15) is 10.6 Å². The highest BCUT2D eigenvalue weighted by Gasteiger charge is 2.18. The van der Waals surface area contributed by atoms with Crippen molar-refractivity contribution in [2.75, 3.05) is 35.0 Å². The molecule has 2 aromatic carbocycles. The van der Waals surface area contributed by atoms with Crippen molar-refractivity contribution >= 4 is 21.4 Å². The minimum atomic E-state index is -3.69. The van der Waals surface area contributed by atoms with E-state index < -0.39 is 10.0 Å². The molecule has 3 rings (SSSR count). The number of sulfonamides is 1. The molecule has 0 unspecified atom stereocenters. The molecule has 32 heavy (non-hydrogen) atoms. The smallest absolute Gasteiger partial charge is 0.240 e. The molecule has 0 bridgehead atoms. The van der Waals surface area contributed by atoms with Gasteiger partial charge in [-0.3, -0.25) is 0 Å². The quantitative estimate of drug-likeness (QED) is 0.475. The Morgan fingerprint density at radius 1 is 0.875 bits per heavy atom. The van der Waals surface area contributed by atoms with Crippen molar-refractivity contribution < 1.29 is 27.4 Å². The number of aryl methyl sites for hydroxylation is 1. The fourth-order valence-electron chi connectivity index (χ4n) is 3.12.